The summed E-state index contributed by atoms with van der Waals surface area (Å²) in [4.78, 5) is 36.6. The third-order valence-electron chi connectivity index (χ3n) is 4.81. The number of alkyl halides is 3. The van der Waals surface area contributed by atoms with E-state index in [0.717, 1.165) is 6.07 Å². The maximum Gasteiger partial charge on any atom is 0.435 e. The van der Waals surface area contributed by atoms with Crippen molar-refractivity contribution in [2.45, 2.75) is 33.0 Å². The lowest BCUT2D eigenvalue weighted by Gasteiger charge is -2.16. The standard InChI is InChI=1S/C22H18Cl2F3N5O4/c1-10(2)28-20(33)13-8-12(23)7-11(3)18(13)29-21(34)16-9-17(22(25,26)27)30-31(16)19-14(24)5-4-6-15(19)32(35)36/h4-10H,1-3H3,(H,28,33)(H,29,34). The van der Waals surface area contributed by atoms with Gasteiger partial charge in [0, 0.05) is 23.2 Å². The Morgan fingerprint density at radius 1 is 1.14 bits per heavy atom. The molecule has 3 aromatic rings. The van der Waals surface area contributed by atoms with Gasteiger partial charge in [0.05, 0.1) is 21.2 Å². The van der Waals surface area contributed by atoms with Gasteiger partial charge in [-0.3, -0.25) is 19.7 Å². The Hall–Kier alpha value is -3.64. The lowest BCUT2D eigenvalue weighted by Crippen LogP contribution is -2.31. The molecule has 14 heteroatoms. The molecule has 0 saturated carbocycles. The van der Waals surface area contributed by atoms with Gasteiger partial charge in [-0.1, -0.05) is 29.3 Å². The molecule has 3 rings (SSSR count). The highest BCUT2D eigenvalue weighted by molar-refractivity contribution is 6.33. The molecule has 0 spiro atoms. The fraction of sp³-hybridized carbons (Fsp3) is 0.227. The van der Waals surface area contributed by atoms with Crippen LogP contribution in [0.1, 0.15) is 46.0 Å². The van der Waals surface area contributed by atoms with Crippen LogP contribution in [0.3, 0.4) is 0 Å². The minimum atomic E-state index is -4.98. The summed E-state index contributed by atoms with van der Waals surface area (Å²) in [6.07, 6.45) is -4.98. The van der Waals surface area contributed by atoms with Crippen LogP contribution in [0.5, 0.6) is 0 Å². The number of carbonyl (C=O) groups is 2. The molecule has 0 atom stereocenters. The van der Waals surface area contributed by atoms with Crippen molar-refractivity contribution in [3.63, 3.8) is 0 Å². The molecule has 0 aliphatic rings. The van der Waals surface area contributed by atoms with Crippen molar-refractivity contribution >= 4 is 46.4 Å². The Balaban J connectivity index is 2.19. The maximum atomic E-state index is 13.5. The van der Waals surface area contributed by atoms with Gasteiger partial charge in [-0.2, -0.15) is 18.3 Å². The summed E-state index contributed by atoms with van der Waals surface area (Å²) in [7, 11) is 0. The number of anilines is 1. The van der Waals surface area contributed by atoms with Gasteiger partial charge in [0.1, 0.15) is 5.69 Å². The van der Waals surface area contributed by atoms with Crippen molar-refractivity contribution in [1.82, 2.24) is 15.1 Å². The molecule has 1 aromatic heterocycles. The number of nitro groups is 1. The number of rotatable bonds is 6. The molecule has 0 unspecified atom stereocenters. The molecule has 190 valence electrons. The van der Waals surface area contributed by atoms with Gasteiger partial charge in [-0.05, 0) is 44.5 Å². The highest BCUT2D eigenvalue weighted by atomic mass is 35.5. The minimum Gasteiger partial charge on any atom is -0.350 e. The topological polar surface area (TPSA) is 119 Å². The number of para-hydroxylation sites is 1. The van der Waals surface area contributed by atoms with Crippen molar-refractivity contribution in [3.05, 3.63) is 79.1 Å². The second kappa shape index (κ2) is 10.2. The number of benzene rings is 2. The summed E-state index contributed by atoms with van der Waals surface area (Å²) in [5, 5.41) is 19.9. The number of aromatic nitrogens is 2. The predicted molar refractivity (Wildman–Crippen MR) is 127 cm³/mol. The second-order valence-corrected chi connectivity index (χ2v) is 8.76. The Bertz CT molecular complexity index is 1370. The summed E-state index contributed by atoms with van der Waals surface area (Å²) in [5.74, 6) is -1.71. The van der Waals surface area contributed by atoms with Gasteiger partial charge in [-0.25, -0.2) is 4.68 Å². The fourth-order valence-corrected chi connectivity index (χ4v) is 3.84. The molecule has 0 aliphatic heterocycles. The molecule has 36 heavy (non-hydrogen) atoms. The van der Waals surface area contributed by atoms with Crippen molar-refractivity contribution < 1.29 is 27.7 Å². The number of carbonyl (C=O) groups excluding carboxylic acids is 2. The highest BCUT2D eigenvalue weighted by Crippen LogP contribution is 2.35. The molecule has 2 N–H and O–H groups in total. The normalized spacial score (nSPS) is 11.5. The van der Waals surface area contributed by atoms with Gasteiger partial charge < -0.3 is 10.6 Å². The van der Waals surface area contributed by atoms with Crippen molar-refractivity contribution in [2.24, 2.45) is 0 Å². The number of aryl methyl sites for hydroxylation is 1. The van der Waals surface area contributed by atoms with E-state index in [-0.39, 0.29) is 27.3 Å². The minimum absolute atomic E-state index is 0.0162. The van der Waals surface area contributed by atoms with E-state index in [9.17, 15) is 32.9 Å². The smallest absolute Gasteiger partial charge is 0.350 e. The zero-order valence-corrected chi connectivity index (χ0v) is 20.4. The van der Waals surface area contributed by atoms with Crippen LogP contribution in [0.25, 0.3) is 5.69 Å². The van der Waals surface area contributed by atoms with Crippen LogP contribution in [-0.4, -0.2) is 32.6 Å². The van der Waals surface area contributed by atoms with E-state index in [1.54, 1.807) is 13.8 Å². The van der Waals surface area contributed by atoms with Crippen LogP contribution in [0, 0.1) is 17.0 Å². The summed E-state index contributed by atoms with van der Waals surface area (Å²) in [5.41, 5.74) is -3.10. The average molecular weight is 544 g/mol. The molecule has 2 amide bonds. The van der Waals surface area contributed by atoms with Crippen LogP contribution in [-0.2, 0) is 6.18 Å². The van der Waals surface area contributed by atoms with Crippen molar-refractivity contribution in [1.29, 1.82) is 0 Å². The summed E-state index contributed by atoms with van der Waals surface area (Å²) in [6, 6.07) is 6.35. The SMILES string of the molecule is Cc1cc(Cl)cc(C(=O)NC(C)C)c1NC(=O)c1cc(C(F)(F)F)nn1-c1c(Cl)cccc1[N+](=O)[O-]. The Kier molecular flexibility index (Phi) is 7.60. The van der Waals surface area contributed by atoms with Gasteiger partial charge in [0.15, 0.2) is 11.4 Å². The van der Waals surface area contributed by atoms with E-state index in [2.05, 4.69) is 15.7 Å². The van der Waals surface area contributed by atoms with Crippen LogP contribution in [0.15, 0.2) is 36.4 Å². The Labute approximate surface area is 212 Å². The van der Waals surface area contributed by atoms with E-state index >= 15 is 0 Å². The molecule has 0 fully saturated rings. The number of nitro benzene ring substituents is 1. The maximum absolute atomic E-state index is 13.5. The zero-order chi connectivity index (χ0) is 26.9. The molecule has 0 radical (unpaired) electrons. The number of amides is 2. The first-order valence-corrected chi connectivity index (χ1v) is 11.0. The number of hydrogen-bond donors (Lipinski definition) is 2. The molecule has 2 aromatic carbocycles. The zero-order valence-electron chi connectivity index (χ0n) is 18.9. The van der Waals surface area contributed by atoms with E-state index in [1.165, 1.54) is 31.2 Å². The van der Waals surface area contributed by atoms with Crippen LogP contribution < -0.4 is 10.6 Å². The molecule has 9 nitrogen and oxygen atoms in total. The Morgan fingerprint density at radius 2 is 1.81 bits per heavy atom. The number of nitrogens with one attached hydrogen (secondary N) is 2. The summed E-state index contributed by atoms with van der Waals surface area (Å²) < 4.78 is 41.0. The van der Waals surface area contributed by atoms with Gasteiger partial charge in [0.2, 0.25) is 0 Å². The third-order valence-corrected chi connectivity index (χ3v) is 5.33. The predicted octanol–water partition coefficient (Wildman–Crippen LogP) is 5.81. The molecule has 0 aliphatic carbocycles. The summed E-state index contributed by atoms with van der Waals surface area (Å²) in [6.45, 7) is 4.95. The molecular weight excluding hydrogens is 526 g/mol. The lowest BCUT2D eigenvalue weighted by atomic mass is 10.1. The number of halogens is 5. The lowest BCUT2D eigenvalue weighted by molar-refractivity contribution is -0.384. The van der Waals surface area contributed by atoms with E-state index in [4.69, 9.17) is 23.2 Å². The number of hydrogen-bond acceptors (Lipinski definition) is 5. The molecular formula is C22H18Cl2F3N5O4. The van der Waals surface area contributed by atoms with E-state index in [0.29, 0.717) is 16.3 Å². The van der Waals surface area contributed by atoms with Crippen molar-refractivity contribution in [2.75, 3.05) is 5.32 Å². The summed E-state index contributed by atoms with van der Waals surface area (Å²) >= 11 is 12.1. The average Bonchev–Trinajstić information content (AvgIpc) is 3.20. The molecule has 0 saturated heterocycles. The first-order valence-electron chi connectivity index (χ1n) is 10.2. The fourth-order valence-electron chi connectivity index (χ4n) is 3.32. The highest BCUT2D eigenvalue weighted by Gasteiger charge is 2.37. The third kappa shape index (κ3) is 5.60. The largest absolute Gasteiger partial charge is 0.435 e. The van der Waals surface area contributed by atoms with E-state index < -0.39 is 45.7 Å². The quantitative estimate of drug-likeness (QED) is 0.300. The molecule has 0 bridgehead atoms. The van der Waals surface area contributed by atoms with Gasteiger partial charge >= 0.3 is 6.18 Å². The van der Waals surface area contributed by atoms with Gasteiger partial charge in [-0.15, -0.1) is 0 Å². The first kappa shape index (κ1) is 27.0. The van der Waals surface area contributed by atoms with Gasteiger partial charge in [0.25, 0.3) is 17.5 Å². The van der Waals surface area contributed by atoms with E-state index in [1.807, 2.05) is 0 Å². The van der Waals surface area contributed by atoms with Crippen LogP contribution in [0.2, 0.25) is 10.0 Å². The Morgan fingerprint density at radius 3 is 2.39 bits per heavy atom. The van der Waals surface area contributed by atoms with Crippen LogP contribution >= 0.6 is 23.2 Å². The monoisotopic (exact) mass is 543 g/mol. The van der Waals surface area contributed by atoms with Crippen LogP contribution in [0.4, 0.5) is 24.5 Å². The van der Waals surface area contributed by atoms with Crippen molar-refractivity contribution in [3.8, 4) is 5.69 Å². The first-order chi connectivity index (χ1) is 16.7. The second-order valence-electron chi connectivity index (χ2n) is 7.92. The number of nitrogens with zero attached hydrogens (tertiary/aromatic N) is 3. The molecule has 1 heterocycles.